The summed E-state index contributed by atoms with van der Waals surface area (Å²) in [7, 11) is 3.16. The van der Waals surface area contributed by atoms with E-state index in [1.165, 1.54) is 6.08 Å². The Morgan fingerprint density at radius 1 is 1.27 bits per heavy atom. The van der Waals surface area contributed by atoms with Gasteiger partial charge in [0.15, 0.2) is 0 Å². The molecule has 1 aromatic rings. The Bertz CT molecular complexity index is 513. The number of aliphatic hydroxyl groups is 1. The molecule has 22 heavy (non-hydrogen) atoms. The molecule has 1 rings (SSSR count). The first-order chi connectivity index (χ1) is 10.6. The molecule has 0 radical (unpaired) electrons. The maximum absolute atomic E-state index is 11.8. The quantitative estimate of drug-likeness (QED) is 0.530. The highest BCUT2D eigenvalue weighted by Gasteiger charge is 2.08. The molecule has 0 saturated carbocycles. The first-order valence-electron chi connectivity index (χ1n) is 6.99. The van der Waals surface area contributed by atoms with Crippen LogP contribution in [0.3, 0.4) is 0 Å². The summed E-state index contributed by atoms with van der Waals surface area (Å²) in [5.41, 5.74) is 1.61. The van der Waals surface area contributed by atoms with E-state index >= 15 is 0 Å². The fourth-order valence-corrected chi connectivity index (χ4v) is 1.86. The third-order valence-corrected chi connectivity index (χ3v) is 2.96. The molecule has 6 nitrogen and oxygen atoms in total. The molecule has 0 heterocycles. The molecule has 0 aliphatic heterocycles. The van der Waals surface area contributed by atoms with Crippen molar-refractivity contribution in [1.29, 1.82) is 0 Å². The summed E-state index contributed by atoms with van der Waals surface area (Å²) in [6, 6.07) is 5.43. The highest BCUT2D eigenvalue weighted by Crippen LogP contribution is 2.29. The van der Waals surface area contributed by atoms with Crippen LogP contribution in [0.25, 0.3) is 5.57 Å². The van der Waals surface area contributed by atoms with Crippen LogP contribution >= 0.6 is 0 Å². The van der Waals surface area contributed by atoms with Gasteiger partial charge in [-0.2, -0.15) is 0 Å². The smallest absolute Gasteiger partial charge is 0.244 e. The summed E-state index contributed by atoms with van der Waals surface area (Å²) < 4.78 is 15.5. The molecule has 1 aromatic carbocycles. The fraction of sp³-hybridized carbons (Fsp3) is 0.438. The van der Waals surface area contributed by atoms with Crippen molar-refractivity contribution in [2.75, 3.05) is 40.6 Å². The lowest BCUT2D eigenvalue weighted by molar-refractivity contribution is -0.116. The molecule has 0 unspecified atom stereocenters. The number of benzene rings is 1. The molecule has 0 aromatic heterocycles. The van der Waals surface area contributed by atoms with Gasteiger partial charge < -0.3 is 24.6 Å². The summed E-state index contributed by atoms with van der Waals surface area (Å²) >= 11 is 0. The van der Waals surface area contributed by atoms with Crippen LogP contribution in [0.15, 0.2) is 24.3 Å². The highest BCUT2D eigenvalue weighted by molar-refractivity contribution is 5.95. The van der Waals surface area contributed by atoms with Gasteiger partial charge in [-0.05, 0) is 24.6 Å². The molecule has 0 saturated heterocycles. The van der Waals surface area contributed by atoms with E-state index in [0.717, 1.165) is 11.1 Å². The molecule has 0 bridgehead atoms. The second kappa shape index (κ2) is 9.81. The number of hydrogen-bond donors (Lipinski definition) is 2. The summed E-state index contributed by atoms with van der Waals surface area (Å²) in [6.45, 7) is 2.84. The number of allylic oxidation sites excluding steroid dienone is 1. The minimum Gasteiger partial charge on any atom is -0.497 e. The Kier molecular flexibility index (Phi) is 8.03. The van der Waals surface area contributed by atoms with Crippen molar-refractivity contribution in [2.45, 2.75) is 6.92 Å². The van der Waals surface area contributed by atoms with Crippen LogP contribution < -0.4 is 14.8 Å². The van der Waals surface area contributed by atoms with E-state index in [4.69, 9.17) is 19.3 Å². The van der Waals surface area contributed by atoms with E-state index in [1.54, 1.807) is 20.3 Å². The van der Waals surface area contributed by atoms with Crippen LogP contribution in [0.2, 0.25) is 0 Å². The predicted octanol–water partition coefficient (Wildman–Crippen LogP) is 1.23. The normalized spacial score (nSPS) is 11.2. The molecular weight excluding hydrogens is 286 g/mol. The Morgan fingerprint density at radius 3 is 2.68 bits per heavy atom. The minimum atomic E-state index is -0.206. The molecular formula is C16H23NO5. The van der Waals surface area contributed by atoms with E-state index in [2.05, 4.69) is 5.32 Å². The predicted molar refractivity (Wildman–Crippen MR) is 84.1 cm³/mol. The van der Waals surface area contributed by atoms with Gasteiger partial charge in [-0.1, -0.05) is 0 Å². The standard InChI is InChI=1S/C16H23NO5/c1-12(10-16(19)17-6-8-22-9-7-18)14-5-4-13(20-2)11-15(14)21-3/h4-5,10-11,18H,6-9H2,1-3H3,(H,17,19)/b12-10+. The number of aliphatic hydroxyl groups excluding tert-OH is 1. The molecule has 0 aliphatic rings. The Labute approximate surface area is 130 Å². The van der Waals surface area contributed by atoms with Crippen LogP contribution in [-0.2, 0) is 9.53 Å². The maximum atomic E-state index is 11.8. The molecule has 0 atom stereocenters. The number of rotatable bonds is 9. The molecule has 6 heteroatoms. The number of nitrogens with one attached hydrogen (secondary N) is 1. The van der Waals surface area contributed by atoms with Crippen molar-refractivity contribution in [3.63, 3.8) is 0 Å². The lowest BCUT2D eigenvalue weighted by atomic mass is 10.1. The van der Waals surface area contributed by atoms with Crippen LogP contribution in [0.4, 0.5) is 0 Å². The third kappa shape index (κ3) is 5.75. The van der Waals surface area contributed by atoms with Gasteiger partial charge in [0.1, 0.15) is 11.5 Å². The maximum Gasteiger partial charge on any atom is 0.244 e. The summed E-state index contributed by atoms with van der Waals surface area (Å²) in [5, 5.41) is 11.3. The zero-order valence-corrected chi connectivity index (χ0v) is 13.2. The SMILES string of the molecule is COc1ccc(/C(C)=C/C(=O)NCCOCCO)c(OC)c1. The van der Waals surface area contributed by atoms with Gasteiger partial charge in [0.05, 0.1) is 34.0 Å². The number of methoxy groups -OCH3 is 2. The van der Waals surface area contributed by atoms with Crippen LogP contribution in [0, 0.1) is 0 Å². The minimum absolute atomic E-state index is 0.0236. The highest BCUT2D eigenvalue weighted by atomic mass is 16.5. The molecule has 0 aliphatic carbocycles. The zero-order chi connectivity index (χ0) is 16.4. The zero-order valence-electron chi connectivity index (χ0n) is 13.2. The van der Waals surface area contributed by atoms with Crippen molar-refractivity contribution in [3.8, 4) is 11.5 Å². The average Bonchev–Trinajstić information content (AvgIpc) is 2.53. The molecule has 0 fully saturated rings. The van der Waals surface area contributed by atoms with E-state index < -0.39 is 0 Å². The van der Waals surface area contributed by atoms with E-state index in [0.29, 0.717) is 24.7 Å². The van der Waals surface area contributed by atoms with Gasteiger partial charge in [-0.25, -0.2) is 0 Å². The van der Waals surface area contributed by atoms with Gasteiger partial charge in [0, 0.05) is 24.3 Å². The van der Waals surface area contributed by atoms with Crippen molar-refractivity contribution in [1.82, 2.24) is 5.32 Å². The lowest BCUT2D eigenvalue weighted by Crippen LogP contribution is -2.26. The van der Waals surface area contributed by atoms with Gasteiger partial charge in [-0.3, -0.25) is 4.79 Å². The molecule has 122 valence electrons. The fourth-order valence-electron chi connectivity index (χ4n) is 1.86. The van der Waals surface area contributed by atoms with Crippen molar-refractivity contribution >= 4 is 11.5 Å². The van der Waals surface area contributed by atoms with Crippen LogP contribution in [-0.4, -0.2) is 51.6 Å². The van der Waals surface area contributed by atoms with Crippen LogP contribution in [0.5, 0.6) is 11.5 Å². The topological polar surface area (TPSA) is 77.0 Å². The van der Waals surface area contributed by atoms with E-state index in [1.807, 2.05) is 19.1 Å². The van der Waals surface area contributed by atoms with Crippen molar-refractivity contribution in [2.24, 2.45) is 0 Å². The van der Waals surface area contributed by atoms with Crippen molar-refractivity contribution in [3.05, 3.63) is 29.8 Å². The van der Waals surface area contributed by atoms with Crippen LogP contribution in [0.1, 0.15) is 12.5 Å². The molecule has 2 N–H and O–H groups in total. The first kappa shape index (κ1) is 18.0. The number of ether oxygens (including phenoxy) is 3. The largest absolute Gasteiger partial charge is 0.497 e. The number of carbonyl (C=O) groups excluding carboxylic acids is 1. The number of hydrogen-bond acceptors (Lipinski definition) is 5. The number of amides is 1. The molecule has 0 spiro atoms. The number of carbonyl (C=O) groups is 1. The third-order valence-electron chi connectivity index (χ3n) is 2.96. The Balaban J connectivity index is 2.65. The van der Waals surface area contributed by atoms with E-state index in [9.17, 15) is 4.79 Å². The monoisotopic (exact) mass is 309 g/mol. The summed E-state index contributed by atoms with van der Waals surface area (Å²) in [4.78, 5) is 11.8. The second-order valence-electron chi connectivity index (χ2n) is 4.52. The van der Waals surface area contributed by atoms with Gasteiger partial charge >= 0.3 is 0 Å². The van der Waals surface area contributed by atoms with Gasteiger partial charge in [-0.15, -0.1) is 0 Å². The first-order valence-corrected chi connectivity index (χ1v) is 6.99. The lowest BCUT2D eigenvalue weighted by Gasteiger charge is -2.11. The van der Waals surface area contributed by atoms with Gasteiger partial charge in [0.25, 0.3) is 0 Å². The average molecular weight is 309 g/mol. The van der Waals surface area contributed by atoms with E-state index in [-0.39, 0.29) is 19.1 Å². The molecule has 1 amide bonds. The van der Waals surface area contributed by atoms with Crippen molar-refractivity contribution < 1.29 is 24.1 Å². The summed E-state index contributed by atoms with van der Waals surface area (Å²) in [5.74, 6) is 1.13. The second-order valence-corrected chi connectivity index (χ2v) is 4.52. The van der Waals surface area contributed by atoms with Gasteiger partial charge in [0.2, 0.25) is 5.91 Å². The Hall–Kier alpha value is -2.05. The Morgan fingerprint density at radius 2 is 2.05 bits per heavy atom. The summed E-state index contributed by atoms with van der Waals surface area (Å²) in [6.07, 6.45) is 1.51.